The molecule has 9 nitrogen and oxygen atoms in total. The second kappa shape index (κ2) is 11.4. The van der Waals surface area contributed by atoms with Gasteiger partial charge in [-0.3, -0.25) is 19.2 Å². The standard InChI is InChI=1S/C27H40N4O5/c1-16(2)14-20(28-25(33)18-8-10-19(11-9-18)29(5)6)26(34)30-13-12-21-23(30)22(32)15-31(21)27(35)24(36-7)17(3)4/h8-11,16-17,20-21,23-24H,12-15H2,1-7H3,(H,28,33). The second-order valence-electron chi connectivity index (χ2n) is 10.8. The van der Waals surface area contributed by atoms with Crippen LogP contribution in [0.15, 0.2) is 24.3 Å². The predicted octanol–water partition coefficient (Wildman–Crippen LogP) is 1.95. The van der Waals surface area contributed by atoms with Crippen molar-refractivity contribution in [1.29, 1.82) is 0 Å². The van der Waals surface area contributed by atoms with Crippen molar-refractivity contribution < 1.29 is 23.9 Å². The molecule has 3 rings (SSSR count). The van der Waals surface area contributed by atoms with Crippen LogP contribution in [0.1, 0.15) is 50.9 Å². The summed E-state index contributed by atoms with van der Waals surface area (Å²) in [6, 6.07) is 5.37. The van der Waals surface area contributed by atoms with E-state index in [1.54, 1.807) is 21.9 Å². The topological polar surface area (TPSA) is 99.3 Å². The second-order valence-corrected chi connectivity index (χ2v) is 10.8. The van der Waals surface area contributed by atoms with Crippen LogP contribution in [0.2, 0.25) is 0 Å². The first-order chi connectivity index (χ1) is 17.0. The number of hydrogen-bond acceptors (Lipinski definition) is 6. The van der Waals surface area contributed by atoms with E-state index in [0.717, 1.165) is 5.69 Å². The minimum absolute atomic E-state index is 0.0239. The van der Waals surface area contributed by atoms with Gasteiger partial charge in [-0.1, -0.05) is 27.7 Å². The van der Waals surface area contributed by atoms with Gasteiger partial charge >= 0.3 is 0 Å². The van der Waals surface area contributed by atoms with Crippen molar-refractivity contribution in [3.63, 3.8) is 0 Å². The fourth-order valence-electron chi connectivity index (χ4n) is 5.23. The largest absolute Gasteiger partial charge is 0.378 e. The molecule has 2 saturated heterocycles. The van der Waals surface area contributed by atoms with Crippen molar-refractivity contribution >= 4 is 29.2 Å². The summed E-state index contributed by atoms with van der Waals surface area (Å²) >= 11 is 0. The first-order valence-electron chi connectivity index (χ1n) is 12.7. The molecule has 4 unspecified atom stereocenters. The van der Waals surface area contributed by atoms with E-state index in [2.05, 4.69) is 5.32 Å². The number of fused-ring (bicyclic) bond motifs is 1. The average Bonchev–Trinajstić information content (AvgIpc) is 3.39. The normalized spacial score (nSPS) is 21.1. The zero-order chi connectivity index (χ0) is 26.7. The molecule has 0 aromatic heterocycles. The smallest absolute Gasteiger partial charge is 0.252 e. The molecule has 0 aliphatic carbocycles. The Bertz CT molecular complexity index is 975. The number of carbonyl (C=O) groups excluding carboxylic acids is 4. The van der Waals surface area contributed by atoms with E-state index in [0.29, 0.717) is 24.9 Å². The number of methoxy groups -OCH3 is 1. The lowest BCUT2D eigenvalue weighted by Gasteiger charge is -2.30. The number of likely N-dealkylation sites (tertiary alicyclic amines) is 2. The third-order valence-electron chi connectivity index (χ3n) is 7.05. The maximum atomic E-state index is 13.7. The lowest BCUT2D eigenvalue weighted by Crippen LogP contribution is -2.53. The zero-order valence-electron chi connectivity index (χ0n) is 22.5. The van der Waals surface area contributed by atoms with Gasteiger partial charge in [0.25, 0.3) is 11.8 Å². The fraction of sp³-hybridized carbons (Fsp3) is 0.630. The number of ketones is 1. The molecule has 1 aromatic rings. The van der Waals surface area contributed by atoms with E-state index in [-0.39, 0.29) is 47.9 Å². The highest BCUT2D eigenvalue weighted by Gasteiger charge is 2.53. The highest BCUT2D eigenvalue weighted by molar-refractivity contribution is 6.01. The Morgan fingerprint density at radius 1 is 1.06 bits per heavy atom. The first-order valence-corrected chi connectivity index (χ1v) is 12.7. The van der Waals surface area contributed by atoms with Crippen LogP contribution in [0.25, 0.3) is 0 Å². The number of carbonyl (C=O) groups is 4. The van der Waals surface area contributed by atoms with Crippen molar-refractivity contribution in [2.24, 2.45) is 11.8 Å². The minimum atomic E-state index is -0.760. The summed E-state index contributed by atoms with van der Waals surface area (Å²) in [5, 5.41) is 2.91. The number of anilines is 1. The first kappa shape index (κ1) is 27.6. The molecular weight excluding hydrogens is 460 g/mol. The van der Waals surface area contributed by atoms with Gasteiger partial charge in [-0.05, 0) is 48.9 Å². The molecule has 0 bridgehead atoms. The molecule has 1 N–H and O–H groups in total. The van der Waals surface area contributed by atoms with Crippen LogP contribution in [0.3, 0.4) is 0 Å². The molecule has 2 fully saturated rings. The molecule has 0 spiro atoms. The SMILES string of the molecule is COC(C(=O)N1CC(=O)C2C1CCN2C(=O)C(CC(C)C)NC(=O)c1ccc(N(C)C)cc1)C(C)C. The Hall–Kier alpha value is -2.94. The maximum Gasteiger partial charge on any atom is 0.252 e. The molecule has 2 heterocycles. The van der Waals surface area contributed by atoms with E-state index in [4.69, 9.17) is 4.74 Å². The molecular formula is C27H40N4O5. The fourth-order valence-corrected chi connectivity index (χ4v) is 5.23. The summed E-state index contributed by atoms with van der Waals surface area (Å²) in [6.45, 7) is 8.12. The Morgan fingerprint density at radius 3 is 2.22 bits per heavy atom. The molecule has 9 heteroatoms. The number of Topliss-reactive ketones (excluding diaryl/α,β-unsaturated/α-hetero) is 1. The van der Waals surface area contributed by atoms with Crippen LogP contribution in [-0.4, -0.2) is 91.8 Å². The number of nitrogens with one attached hydrogen (secondary N) is 1. The van der Waals surface area contributed by atoms with Gasteiger partial charge < -0.3 is 24.8 Å². The lowest BCUT2D eigenvalue weighted by atomic mass is 10.0. The molecule has 198 valence electrons. The van der Waals surface area contributed by atoms with Gasteiger partial charge in [-0.15, -0.1) is 0 Å². The van der Waals surface area contributed by atoms with Gasteiger partial charge in [0.1, 0.15) is 18.2 Å². The number of hydrogen-bond donors (Lipinski definition) is 1. The number of ether oxygens (including phenoxy) is 1. The third-order valence-corrected chi connectivity index (χ3v) is 7.05. The van der Waals surface area contributed by atoms with Crippen LogP contribution < -0.4 is 10.2 Å². The lowest BCUT2D eigenvalue weighted by molar-refractivity contribution is -0.146. The summed E-state index contributed by atoms with van der Waals surface area (Å²) < 4.78 is 5.40. The summed E-state index contributed by atoms with van der Waals surface area (Å²) in [6.07, 6.45) is 0.342. The molecule has 0 saturated carbocycles. The van der Waals surface area contributed by atoms with Gasteiger partial charge in [0.15, 0.2) is 5.78 Å². The molecule has 0 radical (unpaired) electrons. The van der Waals surface area contributed by atoms with Crippen LogP contribution in [0.5, 0.6) is 0 Å². The molecule has 36 heavy (non-hydrogen) atoms. The van der Waals surface area contributed by atoms with Gasteiger partial charge in [0, 0.05) is 39.0 Å². The summed E-state index contributed by atoms with van der Waals surface area (Å²) in [7, 11) is 5.34. The van der Waals surface area contributed by atoms with Crippen LogP contribution in [0, 0.1) is 11.8 Å². The average molecular weight is 501 g/mol. The molecule has 2 aliphatic rings. The van der Waals surface area contributed by atoms with Crippen LogP contribution in [0.4, 0.5) is 5.69 Å². The van der Waals surface area contributed by atoms with Crippen molar-refractivity contribution in [3.05, 3.63) is 29.8 Å². The monoisotopic (exact) mass is 500 g/mol. The van der Waals surface area contributed by atoms with Crippen molar-refractivity contribution in [2.75, 3.05) is 39.2 Å². The van der Waals surface area contributed by atoms with Crippen molar-refractivity contribution in [2.45, 2.75) is 64.8 Å². The summed E-state index contributed by atoms with van der Waals surface area (Å²) in [5.74, 6) is -0.843. The van der Waals surface area contributed by atoms with Crippen molar-refractivity contribution in [3.8, 4) is 0 Å². The summed E-state index contributed by atoms with van der Waals surface area (Å²) in [5.41, 5.74) is 1.44. The van der Waals surface area contributed by atoms with E-state index < -0.39 is 18.2 Å². The highest BCUT2D eigenvalue weighted by atomic mass is 16.5. The van der Waals surface area contributed by atoms with E-state index in [1.807, 2.05) is 58.8 Å². The van der Waals surface area contributed by atoms with Gasteiger partial charge in [-0.25, -0.2) is 0 Å². The number of rotatable bonds is 9. The molecule has 4 atom stereocenters. The number of nitrogens with zero attached hydrogens (tertiary/aromatic N) is 3. The van der Waals surface area contributed by atoms with Crippen LogP contribution >= 0.6 is 0 Å². The Balaban J connectivity index is 1.76. The predicted molar refractivity (Wildman–Crippen MR) is 138 cm³/mol. The van der Waals surface area contributed by atoms with Crippen LogP contribution in [-0.2, 0) is 19.1 Å². The Labute approximate surface area is 214 Å². The number of benzene rings is 1. The maximum absolute atomic E-state index is 13.7. The molecule has 2 aliphatic heterocycles. The Morgan fingerprint density at radius 2 is 1.69 bits per heavy atom. The van der Waals surface area contributed by atoms with Gasteiger partial charge in [0.2, 0.25) is 5.91 Å². The van der Waals surface area contributed by atoms with E-state index in [1.165, 1.54) is 7.11 Å². The number of amides is 3. The van der Waals surface area contributed by atoms with E-state index in [9.17, 15) is 19.2 Å². The quantitative estimate of drug-likeness (QED) is 0.557. The van der Waals surface area contributed by atoms with Crippen molar-refractivity contribution in [1.82, 2.24) is 15.1 Å². The van der Waals surface area contributed by atoms with Gasteiger partial charge in [0.05, 0.1) is 12.6 Å². The Kier molecular flexibility index (Phi) is 8.76. The zero-order valence-corrected chi connectivity index (χ0v) is 22.5. The summed E-state index contributed by atoms with van der Waals surface area (Å²) in [4.78, 5) is 57.9. The minimum Gasteiger partial charge on any atom is -0.378 e. The van der Waals surface area contributed by atoms with Gasteiger partial charge in [-0.2, -0.15) is 0 Å². The molecule has 3 amide bonds. The molecule has 1 aromatic carbocycles. The third kappa shape index (κ3) is 5.72. The van der Waals surface area contributed by atoms with E-state index >= 15 is 0 Å². The highest BCUT2D eigenvalue weighted by Crippen LogP contribution is 2.32.